The van der Waals surface area contributed by atoms with Gasteiger partial charge < -0.3 is 14.2 Å². The molecule has 2 unspecified atom stereocenters. The summed E-state index contributed by atoms with van der Waals surface area (Å²) < 4.78 is 10.7. The topological polar surface area (TPSA) is 110 Å². The quantitative estimate of drug-likeness (QED) is 0.770. The van der Waals surface area contributed by atoms with E-state index in [1.165, 1.54) is 0 Å². The number of H-pyrrole nitrogens is 1. The maximum Gasteiger partial charge on any atom is 0.254 e. The van der Waals surface area contributed by atoms with E-state index in [9.17, 15) is 4.79 Å². The lowest BCUT2D eigenvalue weighted by Crippen LogP contribution is -2.32. The summed E-state index contributed by atoms with van der Waals surface area (Å²) in [4.78, 5) is 19.0. The number of aryl methyl sites for hydroxylation is 1. The fraction of sp³-hybridized carbons (Fsp3) is 0.400. The van der Waals surface area contributed by atoms with Gasteiger partial charge in [0.2, 0.25) is 5.89 Å². The van der Waals surface area contributed by atoms with Crippen molar-refractivity contribution in [1.82, 2.24) is 30.5 Å². The van der Waals surface area contributed by atoms with Crippen molar-refractivity contribution in [1.29, 1.82) is 0 Å². The molecule has 0 bridgehead atoms. The third kappa shape index (κ3) is 2.42. The molecule has 1 fully saturated rings. The van der Waals surface area contributed by atoms with Crippen molar-refractivity contribution in [2.45, 2.75) is 25.5 Å². The molecule has 0 spiro atoms. The van der Waals surface area contributed by atoms with Gasteiger partial charge in [0.05, 0.1) is 6.10 Å². The lowest BCUT2D eigenvalue weighted by atomic mass is 10.1. The Morgan fingerprint density at radius 3 is 2.96 bits per heavy atom. The molecule has 0 radical (unpaired) electrons. The molecule has 1 aliphatic rings. The summed E-state index contributed by atoms with van der Waals surface area (Å²) in [5.74, 6) is 0.852. The SMILES string of the molecule is COC1CC(c2nc(C)no2)N(C(=O)c2ccc3n[nH]nc3c2)C1. The number of nitrogens with one attached hydrogen (secondary N) is 1. The van der Waals surface area contributed by atoms with Gasteiger partial charge >= 0.3 is 0 Å². The largest absolute Gasteiger partial charge is 0.380 e. The second-order valence-corrected chi connectivity index (χ2v) is 5.77. The highest BCUT2D eigenvalue weighted by molar-refractivity contribution is 5.97. The van der Waals surface area contributed by atoms with Gasteiger partial charge in [-0.1, -0.05) is 5.16 Å². The molecule has 3 aromatic rings. The van der Waals surface area contributed by atoms with E-state index in [4.69, 9.17) is 9.26 Å². The first-order valence-corrected chi connectivity index (χ1v) is 7.60. The highest BCUT2D eigenvalue weighted by Crippen LogP contribution is 2.33. The number of methoxy groups -OCH3 is 1. The van der Waals surface area contributed by atoms with Crippen LogP contribution in [0.4, 0.5) is 0 Å². The van der Waals surface area contributed by atoms with Crippen LogP contribution in [0.2, 0.25) is 0 Å². The number of carbonyl (C=O) groups is 1. The number of aromatic nitrogens is 5. The van der Waals surface area contributed by atoms with Gasteiger partial charge in [0.25, 0.3) is 5.91 Å². The molecule has 1 saturated heterocycles. The van der Waals surface area contributed by atoms with E-state index in [1.807, 2.05) is 0 Å². The molecular formula is C15H16N6O3. The molecule has 24 heavy (non-hydrogen) atoms. The van der Waals surface area contributed by atoms with Crippen LogP contribution in [0.1, 0.15) is 34.5 Å². The maximum atomic E-state index is 13.0. The predicted octanol–water partition coefficient (Wildman–Crippen LogP) is 1.25. The molecule has 0 saturated carbocycles. The maximum absolute atomic E-state index is 13.0. The van der Waals surface area contributed by atoms with E-state index in [-0.39, 0.29) is 18.1 Å². The summed E-state index contributed by atoms with van der Waals surface area (Å²) in [5.41, 5.74) is 1.90. The minimum Gasteiger partial charge on any atom is -0.380 e. The molecule has 1 aromatic carbocycles. The third-order valence-electron chi connectivity index (χ3n) is 4.25. The van der Waals surface area contributed by atoms with E-state index >= 15 is 0 Å². The number of nitrogens with zero attached hydrogens (tertiary/aromatic N) is 5. The van der Waals surface area contributed by atoms with Crippen molar-refractivity contribution in [2.24, 2.45) is 0 Å². The molecule has 0 aliphatic carbocycles. The Kier molecular flexibility index (Phi) is 3.49. The molecule has 3 heterocycles. The molecule has 2 atom stereocenters. The number of aromatic amines is 1. The van der Waals surface area contributed by atoms with Crippen LogP contribution in [0.25, 0.3) is 11.0 Å². The molecule has 9 nitrogen and oxygen atoms in total. The van der Waals surface area contributed by atoms with Crippen molar-refractivity contribution >= 4 is 16.9 Å². The summed E-state index contributed by atoms with van der Waals surface area (Å²) in [6.07, 6.45) is 0.553. The van der Waals surface area contributed by atoms with Crippen molar-refractivity contribution in [3.8, 4) is 0 Å². The normalized spacial score (nSPS) is 20.8. The molecule has 9 heteroatoms. The van der Waals surface area contributed by atoms with Crippen LogP contribution < -0.4 is 0 Å². The highest BCUT2D eigenvalue weighted by atomic mass is 16.5. The Morgan fingerprint density at radius 1 is 1.38 bits per heavy atom. The van der Waals surface area contributed by atoms with Crippen LogP contribution >= 0.6 is 0 Å². The number of hydrogen-bond acceptors (Lipinski definition) is 7. The molecule has 1 aliphatic heterocycles. The van der Waals surface area contributed by atoms with Gasteiger partial charge in [0.15, 0.2) is 5.82 Å². The monoisotopic (exact) mass is 328 g/mol. The van der Waals surface area contributed by atoms with Crippen LogP contribution in [0.3, 0.4) is 0 Å². The van der Waals surface area contributed by atoms with Crippen LogP contribution in [-0.2, 0) is 4.74 Å². The zero-order valence-corrected chi connectivity index (χ0v) is 13.3. The summed E-state index contributed by atoms with van der Waals surface area (Å²) in [5, 5.41) is 14.4. The van der Waals surface area contributed by atoms with Crippen LogP contribution in [0.5, 0.6) is 0 Å². The standard InChI is InChI=1S/C15H16N6O3/c1-8-16-14(24-19-8)13-6-10(23-2)7-21(13)15(22)9-3-4-11-12(5-9)18-20-17-11/h3-5,10,13H,6-7H2,1-2H3,(H,17,18,20). The van der Waals surface area contributed by atoms with E-state index in [2.05, 4.69) is 25.6 Å². The fourth-order valence-electron chi connectivity index (χ4n) is 3.01. The van der Waals surface area contributed by atoms with Gasteiger partial charge in [0.1, 0.15) is 17.1 Å². The minimum atomic E-state index is -0.295. The van der Waals surface area contributed by atoms with Gasteiger partial charge in [-0.2, -0.15) is 20.4 Å². The molecule has 124 valence electrons. The number of likely N-dealkylation sites (tertiary alicyclic amines) is 1. The van der Waals surface area contributed by atoms with Gasteiger partial charge in [0, 0.05) is 25.6 Å². The molecule has 1 N–H and O–H groups in total. The molecule has 4 rings (SSSR count). The number of carbonyl (C=O) groups excluding carboxylic acids is 1. The average Bonchev–Trinajstić information content (AvgIpc) is 3.31. The second-order valence-electron chi connectivity index (χ2n) is 5.77. The second kappa shape index (κ2) is 5.68. The Hall–Kier alpha value is -2.81. The lowest BCUT2D eigenvalue weighted by Gasteiger charge is -2.21. The number of rotatable bonds is 3. The molecule has 1 amide bonds. The van der Waals surface area contributed by atoms with E-state index in [0.717, 1.165) is 0 Å². The Labute approximate surface area is 137 Å². The Balaban J connectivity index is 1.67. The number of amides is 1. The summed E-state index contributed by atoms with van der Waals surface area (Å²) in [6.45, 7) is 2.22. The number of ether oxygens (including phenoxy) is 1. The first kappa shape index (κ1) is 14.8. The van der Waals surface area contributed by atoms with E-state index < -0.39 is 0 Å². The van der Waals surface area contributed by atoms with Gasteiger partial charge in [-0.05, 0) is 25.1 Å². The highest BCUT2D eigenvalue weighted by Gasteiger charge is 2.39. The van der Waals surface area contributed by atoms with Crippen molar-refractivity contribution in [3.63, 3.8) is 0 Å². The first-order chi connectivity index (χ1) is 11.7. The van der Waals surface area contributed by atoms with Crippen molar-refractivity contribution in [2.75, 3.05) is 13.7 Å². The predicted molar refractivity (Wildman–Crippen MR) is 82.1 cm³/mol. The van der Waals surface area contributed by atoms with Crippen molar-refractivity contribution < 1.29 is 14.1 Å². The molecule has 2 aromatic heterocycles. The zero-order valence-electron chi connectivity index (χ0n) is 13.3. The van der Waals surface area contributed by atoms with Gasteiger partial charge in [-0.15, -0.1) is 0 Å². The number of benzene rings is 1. The lowest BCUT2D eigenvalue weighted by molar-refractivity contribution is 0.0671. The minimum absolute atomic E-state index is 0.0677. The van der Waals surface area contributed by atoms with Gasteiger partial charge in [-0.3, -0.25) is 4.79 Å². The van der Waals surface area contributed by atoms with Crippen LogP contribution in [0, 0.1) is 6.92 Å². The summed E-state index contributed by atoms with van der Waals surface area (Å²) in [7, 11) is 1.64. The van der Waals surface area contributed by atoms with Gasteiger partial charge in [-0.25, -0.2) is 0 Å². The Morgan fingerprint density at radius 2 is 2.21 bits per heavy atom. The summed E-state index contributed by atoms with van der Waals surface area (Å²) in [6, 6.07) is 4.93. The number of fused-ring (bicyclic) bond motifs is 1. The fourth-order valence-corrected chi connectivity index (χ4v) is 3.01. The van der Waals surface area contributed by atoms with Crippen LogP contribution in [0.15, 0.2) is 22.7 Å². The van der Waals surface area contributed by atoms with E-state index in [0.29, 0.717) is 41.3 Å². The first-order valence-electron chi connectivity index (χ1n) is 7.60. The van der Waals surface area contributed by atoms with E-state index in [1.54, 1.807) is 37.1 Å². The Bertz CT molecular complexity index is 888. The number of hydrogen-bond donors (Lipinski definition) is 1. The van der Waals surface area contributed by atoms with Crippen molar-refractivity contribution in [3.05, 3.63) is 35.5 Å². The smallest absolute Gasteiger partial charge is 0.254 e. The molecular weight excluding hydrogens is 312 g/mol. The zero-order chi connectivity index (χ0) is 16.7. The summed E-state index contributed by atoms with van der Waals surface area (Å²) >= 11 is 0. The van der Waals surface area contributed by atoms with Crippen LogP contribution in [-0.4, -0.2) is 56.1 Å². The third-order valence-corrected chi connectivity index (χ3v) is 4.25. The average molecular weight is 328 g/mol.